The molecule has 0 bridgehead atoms. The monoisotopic (exact) mass is 498 g/mol. The fourth-order valence-electron chi connectivity index (χ4n) is 4.01. The highest BCUT2D eigenvalue weighted by Gasteiger charge is 2.53. The van der Waals surface area contributed by atoms with Crippen LogP contribution in [0.1, 0.15) is 44.4 Å². The molecular weight excluding hydrogens is 468 g/mol. The Hall–Kier alpha value is -3.03. The molecule has 0 saturated carbocycles. The van der Waals surface area contributed by atoms with E-state index in [2.05, 4.69) is 0 Å². The highest BCUT2D eigenvalue weighted by Crippen LogP contribution is 2.29. The second-order valence-corrected chi connectivity index (χ2v) is 10.1. The highest BCUT2D eigenvalue weighted by molar-refractivity contribution is 6.31. The van der Waals surface area contributed by atoms with Crippen LogP contribution in [-0.2, 0) is 32.1 Å². The van der Waals surface area contributed by atoms with Crippen LogP contribution in [0.3, 0.4) is 0 Å². The molecule has 3 amide bonds. The van der Waals surface area contributed by atoms with Gasteiger partial charge in [-0.2, -0.15) is 0 Å². The van der Waals surface area contributed by atoms with Crippen molar-refractivity contribution in [3.05, 3.63) is 70.2 Å². The summed E-state index contributed by atoms with van der Waals surface area (Å²) in [5.41, 5.74) is 1.24. The predicted molar refractivity (Wildman–Crippen MR) is 133 cm³/mol. The average Bonchev–Trinajstić information content (AvgIpc) is 3.01. The van der Waals surface area contributed by atoms with Crippen LogP contribution in [0.4, 0.5) is 4.79 Å². The Balaban J connectivity index is 2.01. The van der Waals surface area contributed by atoms with Crippen molar-refractivity contribution < 1.29 is 23.9 Å². The number of aryl methyl sites for hydroxylation is 1. The number of imide groups is 1. The fourth-order valence-corrected chi connectivity index (χ4v) is 4.20. The zero-order chi connectivity index (χ0) is 25.9. The number of carbonyl (C=O) groups excluding carboxylic acids is 4. The summed E-state index contributed by atoms with van der Waals surface area (Å²) in [7, 11) is 0. The molecule has 2 aromatic carbocycles. The van der Waals surface area contributed by atoms with Gasteiger partial charge in [-0.15, -0.1) is 0 Å². The summed E-state index contributed by atoms with van der Waals surface area (Å²) in [6.45, 7) is 8.81. The van der Waals surface area contributed by atoms with E-state index in [1.807, 2.05) is 43.3 Å². The van der Waals surface area contributed by atoms with E-state index in [0.717, 1.165) is 16.0 Å². The first-order valence-corrected chi connectivity index (χ1v) is 11.9. The van der Waals surface area contributed by atoms with Crippen molar-refractivity contribution >= 4 is 35.1 Å². The molecule has 7 nitrogen and oxygen atoms in total. The van der Waals surface area contributed by atoms with Gasteiger partial charge in [0.15, 0.2) is 17.6 Å². The minimum Gasteiger partial charge on any atom is -0.350 e. The Kier molecular flexibility index (Phi) is 8.13. The number of rotatable bonds is 9. The smallest absolute Gasteiger partial charge is 0.330 e. The standard InChI is InChI=1S/C27H31ClN2O5/c1-6-35-25-24(33)30(26(34)29(25)16-18-10-8-7-9-11-18)22(23(32)27(3,4)5)21(31)15-19-14-17(2)12-13-20(19)28/h7-14,22,25H,6,15-16H2,1-5H3. The first-order valence-electron chi connectivity index (χ1n) is 11.6. The van der Waals surface area contributed by atoms with Gasteiger partial charge in [-0.1, -0.05) is 80.4 Å². The van der Waals surface area contributed by atoms with Crippen LogP contribution in [0.5, 0.6) is 0 Å². The van der Waals surface area contributed by atoms with Crippen LogP contribution in [0, 0.1) is 12.3 Å². The second-order valence-electron chi connectivity index (χ2n) is 9.67. The van der Waals surface area contributed by atoms with Gasteiger partial charge in [-0.3, -0.25) is 19.3 Å². The van der Waals surface area contributed by atoms with Crippen LogP contribution in [0.15, 0.2) is 48.5 Å². The van der Waals surface area contributed by atoms with Crippen LogP contribution < -0.4 is 0 Å². The van der Waals surface area contributed by atoms with E-state index in [1.165, 1.54) is 4.90 Å². The van der Waals surface area contributed by atoms with Crippen molar-refractivity contribution in [1.82, 2.24) is 9.80 Å². The summed E-state index contributed by atoms with van der Waals surface area (Å²) in [5, 5.41) is 0.378. The van der Waals surface area contributed by atoms with Crippen molar-refractivity contribution in [3.8, 4) is 0 Å². The molecule has 0 aliphatic carbocycles. The molecule has 0 aromatic heterocycles. The number of urea groups is 1. The van der Waals surface area contributed by atoms with Crippen molar-refractivity contribution in [1.29, 1.82) is 0 Å². The Labute approximate surface area is 211 Å². The number of hydrogen-bond donors (Lipinski definition) is 0. The Bertz CT molecular complexity index is 1130. The number of amides is 3. The Morgan fingerprint density at radius 2 is 1.74 bits per heavy atom. The van der Waals surface area contributed by atoms with Gasteiger partial charge in [-0.05, 0) is 31.0 Å². The summed E-state index contributed by atoms with van der Waals surface area (Å²) in [5.74, 6) is -1.82. The number of benzene rings is 2. The first-order chi connectivity index (χ1) is 16.5. The molecule has 2 atom stereocenters. The van der Waals surface area contributed by atoms with Gasteiger partial charge < -0.3 is 4.74 Å². The lowest BCUT2D eigenvalue weighted by Crippen LogP contribution is -2.54. The number of ketones is 2. The normalized spacial score (nSPS) is 17.1. The molecule has 1 aliphatic heterocycles. The number of hydrogen-bond acceptors (Lipinski definition) is 5. The molecule has 1 saturated heterocycles. The molecule has 1 heterocycles. The quantitative estimate of drug-likeness (QED) is 0.373. The van der Waals surface area contributed by atoms with Gasteiger partial charge in [0.05, 0.1) is 6.54 Å². The van der Waals surface area contributed by atoms with Crippen LogP contribution in [0.25, 0.3) is 0 Å². The maximum atomic E-state index is 13.6. The third kappa shape index (κ3) is 5.80. The van der Waals surface area contributed by atoms with E-state index in [-0.39, 0.29) is 19.6 Å². The van der Waals surface area contributed by atoms with Gasteiger partial charge >= 0.3 is 6.03 Å². The molecule has 0 radical (unpaired) electrons. The van der Waals surface area contributed by atoms with Crippen molar-refractivity contribution in [2.45, 2.75) is 59.9 Å². The molecule has 8 heteroatoms. The average molecular weight is 499 g/mol. The van der Waals surface area contributed by atoms with Gasteiger partial charge in [0, 0.05) is 23.5 Å². The fraction of sp³-hybridized carbons (Fsp3) is 0.407. The number of nitrogens with zero attached hydrogens (tertiary/aromatic N) is 2. The zero-order valence-corrected chi connectivity index (χ0v) is 21.5. The molecule has 3 rings (SSSR count). The molecule has 2 unspecified atom stereocenters. The first kappa shape index (κ1) is 26.6. The number of halogens is 1. The second kappa shape index (κ2) is 10.7. The molecule has 35 heavy (non-hydrogen) atoms. The summed E-state index contributed by atoms with van der Waals surface area (Å²) < 4.78 is 5.62. The Morgan fingerprint density at radius 1 is 1.09 bits per heavy atom. The molecule has 186 valence electrons. The molecule has 1 aliphatic rings. The van der Waals surface area contributed by atoms with Gasteiger partial charge in [0.2, 0.25) is 6.23 Å². The molecule has 0 spiro atoms. The van der Waals surface area contributed by atoms with Crippen LogP contribution in [-0.4, -0.2) is 52.2 Å². The molecule has 0 N–H and O–H groups in total. The Morgan fingerprint density at radius 3 is 2.34 bits per heavy atom. The van der Waals surface area contributed by atoms with E-state index in [0.29, 0.717) is 10.6 Å². The summed E-state index contributed by atoms with van der Waals surface area (Å²) in [6.07, 6.45) is -1.42. The van der Waals surface area contributed by atoms with Crippen molar-refractivity contribution in [2.75, 3.05) is 6.61 Å². The van der Waals surface area contributed by atoms with Crippen molar-refractivity contribution in [3.63, 3.8) is 0 Å². The highest BCUT2D eigenvalue weighted by atomic mass is 35.5. The van der Waals surface area contributed by atoms with Crippen LogP contribution in [0.2, 0.25) is 5.02 Å². The lowest BCUT2D eigenvalue weighted by Gasteiger charge is -2.29. The third-order valence-electron chi connectivity index (χ3n) is 5.82. The number of carbonyl (C=O) groups is 4. The van der Waals surface area contributed by atoms with E-state index in [9.17, 15) is 19.2 Å². The predicted octanol–water partition coefficient (Wildman–Crippen LogP) is 4.57. The topological polar surface area (TPSA) is 84.0 Å². The van der Waals surface area contributed by atoms with Gasteiger partial charge in [0.1, 0.15) is 0 Å². The SMILES string of the molecule is CCOC1C(=O)N(C(C(=O)Cc2cc(C)ccc2Cl)C(=O)C(C)(C)C)C(=O)N1Cc1ccccc1. The summed E-state index contributed by atoms with van der Waals surface area (Å²) in [6, 6.07) is 12.1. The molecule has 1 fully saturated rings. The minimum absolute atomic E-state index is 0.0981. The van der Waals surface area contributed by atoms with E-state index < -0.39 is 41.2 Å². The third-order valence-corrected chi connectivity index (χ3v) is 6.19. The summed E-state index contributed by atoms with van der Waals surface area (Å²) in [4.78, 5) is 56.2. The minimum atomic E-state index is -1.59. The lowest BCUT2D eigenvalue weighted by atomic mass is 9.83. The summed E-state index contributed by atoms with van der Waals surface area (Å²) >= 11 is 6.30. The van der Waals surface area contributed by atoms with E-state index in [4.69, 9.17) is 16.3 Å². The number of ether oxygens (including phenoxy) is 1. The van der Waals surface area contributed by atoms with Gasteiger partial charge in [0.25, 0.3) is 5.91 Å². The van der Waals surface area contributed by atoms with E-state index in [1.54, 1.807) is 39.8 Å². The van der Waals surface area contributed by atoms with Crippen LogP contribution >= 0.6 is 11.6 Å². The maximum Gasteiger partial charge on any atom is 0.330 e. The lowest BCUT2D eigenvalue weighted by molar-refractivity contribution is -0.150. The molecule has 2 aromatic rings. The molecular formula is C27H31ClN2O5. The zero-order valence-electron chi connectivity index (χ0n) is 20.7. The largest absolute Gasteiger partial charge is 0.350 e. The van der Waals surface area contributed by atoms with Crippen molar-refractivity contribution in [2.24, 2.45) is 5.41 Å². The maximum absolute atomic E-state index is 13.6. The number of Topliss-reactive ketones (excluding diaryl/α,β-unsaturated/α-hetero) is 2. The van der Waals surface area contributed by atoms with E-state index >= 15 is 0 Å². The van der Waals surface area contributed by atoms with Gasteiger partial charge in [-0.25, -0.2) is 9.69 Å².